The first kappa shape index (κ1) is 21.8. The number of hydrogen-bond donors (Lipinski definition) is 2. The molecule has 0 radical (unpaired) electrons. The number of nitrogens with two attached hydrogens (primary N) is 1. The fourth-order valence-electron chi connectivity index (χ4n) is 3.40. The first-order chi connectivity index (χ1) is 15.3. The maximum absolute atomic E-state index is 14.8. The zero-order valence-corrected chi connectivity index (χ0v) is 18.0. The number of carbonyl (C=O) groups is 1. The summed E-state index contributed by atoms with van der Waals surface area (Å²) in [6.07, 6.45) is 1.59. The fourth-order valence-corrected chi connectivity index (χ4v) is 3.64. The van der Waals surface area contributed by atoms with Crippen molar-refractivity contribution in [3.8, 4) is 22.8 Å². The Hall–Kier alpha value is -3.46. The molecule has 4 rings (SSSR count). The standard InChI is InChI=1S/C22H19ClF2N4O3/c1-10(2)17-19-15(5-6-27-17)31-7-8-32-20-14(25)4-3-13(24)16(20)18-12(23)9-11(21(26)30)22(28-18)29-19/h3-6,9-10H,7-8H2,1-2H3,(H2,26,30)(H,28,29). The normalized spacial score (nSPS) is 12.9. The zero-order valence-electron chi connectivity index (χ0n) is 17.2. The van der Waals surface area contributed by atoms with Gasteiger partial charge in [-0.2, -0.15) is 0 Å². The van der Waals surface area contributed by atoms with Gasteiger partial charge in [-0.05, 0) is 24.1 Å². The molecule has 2 aromatic heterocycles. The summed E-state index contributed by atoms with van der Waals surface area (Å²) in [6, 6.07) is 4.78. The van der Waals surface area contributed by atoms with Crippen LogP contribution in [0, 0.1) is 11.6 Å². The third-order valence-corrected chi connectivity index (χ3v) is 5.14. The van der Waals surface area contributed by atoms with Crippen molar-refractivity contribution in [2.24, 2.45) is 5.73 Å². The number of anilines is 2. The number of halogens is 3. The molecule has 1 amide bonds. The van der Waals surface area contributed by atoms with Gasteiger partial charge in [0.15, 0.2) is 11.6 Å². The van der Waals surface area contributed by atoms with E-state index in [1.54, 1.807) is 12.3 Å². The lowest BCUT2D eigenvalue weighted by Gasteiger charge is -2.21. The molecule has 1 aliphatic heterocycles. The summed E-state index contributed by atoms with van der Waals surface area (Å²) in [4.78, 5) is 20.9. The molecule has 3 aromatic rings. The number of hydrogen-bond acceptors (Lipinski definition) is 6. The molecule has 3 heterocycles. The molecule has 0 atom stereocenters. The van der Waals surface area contributed by atoms with Crippen LogP contribution >= 0.6 is 11.6 Å². The predicted octanol–water partition coefficient (Wildman–Crippen LogP) is 4.81. The molecule has 0 aliphatic carbocycles. The van der Waals surface area contributed by atoms with E-state index in [4.69, 9.17) is 26.8 Å². The second-order valence-electron chi connectivity index (χ2n) is 7.36. The van der Waals surface area contributed by atoms with Crippen molar-refractivity contribution in [1.82, 2.24) is 9.97 Å². The Kier molecular flexibility index (Phi) is 5.84. The van der Waals surface area contributed by atoms with Crippen LogP contribution in [0.3, 0.4) is 0 Å². The second-order valence-corrected chi connectivity index (χ2v) is 7.77. The molecular weight excluding hydrogens is 442 g/mol. The van der Waals surface area contributed by atoms with Crippen LogP contribution in [0.15, 0.2) is 30.5 Å². The van der Waals surface area contributed by atoms with Gasteiger partial charge in [0.25, 0.3) is 5.91 Å². The maximum atomic E-state index is 14.8. The van der Waals surface area contributed by atoms with Crippen molar-refractivity contribution in [3.63, 3.8) is 0 Å². The highest BCUT2D eigenvalue weighted by Gasteiger charge is 2.26. The Bertz CT molecular complexity index is 1220. The van der Waals surface area contributed by atoms with Crippen molar-refractivity contribution in [3.05, 3.63) is 58.4 Å². The monoisotopic (exact) mass is 460 g/mol. The number of carbonyl (C=O) groups excluding carboxylic acids is 1. The summed E-state index contributed by atoms with van der Waals surface area (Å²) in [5, 5.41) is 2.96. The van der Waals surface area contributed by atoms with Gasteiger partial charge in [0.1, 0.15) is 36.3 Å². The molecule has 2 bridgehead atoms. The molecule has 32 heavy (non-hydrogen) atoms. The molecular formula is C22H19ClF2N4O3. The lowest BCUT2D eigenvalue weighted by Crippen LogP contribution is -2.17. The smallest absolute Gasteiger partial charge is 0.252 e. The molecule has 0 saturated heterocycles. The summed E-state index contributed by atoms with van der Waals surface area (Å²) in [5.74, 6) is -2.36. The first-order valence-electron chi connectivity index (χ1n) is 9.78. The maximum Gasteiger partial charge on any atom is 0.252 e. The minimum atomic E-state index is -0.811. The number of primary amides is 1. The average molecular weight is 461 g/mol. The number of nitrogens with one attached hydrogen (secondary N) is 1. The molecule has 0 spiro atoms. The van der Waals surface area contributed by atoms with Crippen LogP contribution in [0.25, 0.3) is 11.3 Å². The van der Waals surface area contributed by atoms with E-state index < -0.39 is 17.5 Å². The minimum absolute atomic E-state index is 0.00756. The van der Waals surface area contributed by atoms with Crippen LogP contribution in [0.2, 0.25) is 5.02 Å². The molecule has 0 fully saturated rings. The average Bonchev–Trinajstić information content (AvgIpc) is 2.74. The molecule has 0 unspecified atom stereocenters. The molecule has 7 nitrogen and oxygen atoms in total. The topological polar surface area (TPSA) is 99.4 Å². The molecule has 1 aromatic carbocycles. The summed E-state index contributed by atoms with van der Waals surface area (Å²) in [5.41, 5.74) is 6.22. The number of benzene rings is 1. The summed E-state index contributed by atoms with van der Waals surface area (Å²) in [6.45, 7) is 3.83. The van der Waals surface area contributed by atoms with Gasteiger partial charge in [-0.25, -0.2) is 13.8 Å². The number of amides is 1. The van der Waals surface area contributed by atoms with Crippen LogP contribution in [0.4, 0.5) is 20.3 Å². The van der Waals surface area contributed by atoms with E-state index in [9.17, 15) is 13.6 Å². The lowest BCUT2D eigenvalue weighted by atomic mass is 10.1. The van der Waals surface area contributed by atoms with E-state index in [0.29, 0.717) is 17.1 Å². The van der Waals surface area contributed by atoms with E-state index in [1.807, 2.05) is 13.8 Å². The van der Waals surface area contributed by atoms with Crippen molar-refractivity contribution < 1.29 is 23.0 Å². The van der Waals surface area contributed by atoms with Gasteiger partial charge in [-0.15, -0.1) is 0 Å². The van der Waals surface area contributed by atoms with Crippen molar-refractivity contribution >= 4 is 29.0 Å². The van der Waals surface area contributed by atoms with E-state index in [2.05, 4.69) is 15.3 Å². The Balaban J connectivity index is 2.02. The highest BCUT2D eigenvalue weighted by molar-refractivity contribution is 6.33. The van der Waals surface area contributed by atoms with Gasteiger partial charge in [0.05, 0.1) is 27.5 Å². The number of aromatic nitrogens is 2. The number of rotatable bonds is 2. The van der Waals surface area contributed by atoms with Gasteiger partial charge in [0.2, 0.25) is 0 Å². The van der Waals surface area contributed by atoms with Crippen molar-refractivity contribution in [2.45, 2.75) is 19.8 Å². The van der Waals surface area contributed by atoms with Gasteiger partial charge in [0, 0.05) is 12.3 Å². The van der Waals surface area contributed by atoms with E-state index >= 15 is 0 Å². The van der Waals surface area contributed by atoms with Gasteiger partial charge in [-0.3, -0.25) is 9.78 Å². The Morgan fingerprint density at radius 1 is 1.19 bits per heavy atom. The first-order valence-corrected chi connectivity index (χ1v) is 10.2. The third kappa shape index (κ3) is 3.91. The summed E-state index contributed by atoms with van der Waals surface area (Å²) in [7, 11) is 0. The molecule has 1 aliphatic rings. The van der Waals surface area contributed by atoms with Crippen LogP contribution in [-0.2, 0) is 0 Å². The number of nitrogens with zero attached hydrogens (tertiary/aromatic N) is 2. The van der Waals surface area contributed by atoms with Crippen LogP contribution < -0.4 is 20.5 Å². The largest absolute Gasteiger partial charge is 0.488 e. The van der Waals surface area contributed by atoms with Crippen LogP contribution in [0.1, 0.15) is 35.8 Å². The Labute approximate surface area is 187 Å². The number of ether oxygens (including phenoxy) is 2. The summed E-state index contributed by atoms with van der Waals surface area (Å²) >= 11 is 6.33. The summed E-state index contributed by atoms with van der Waals surface area (Å²) < 4.78 is 40.7. The minimum Gasteiger partial charge on any atom is -0.488 e. The van der Waals surface area contributed by atoms with Gasteiger partial charge < -0.3 is 20.5 Å². The van der Waals surface area contributed by atoms with Crippen LogP contribution in [0.5, 0.6) is 11.5 Å². The molecule has 0 saturated carbocycles. The molecule has 3 N–H and O–H groups in total. The Morgan fingerprint density at radius 2 is 1.91 bits per heavy atom. The number of pyridine rings is 2. The highest BCUT2D eigenvalue weighted by atomic mass is 35.5. The quantitative estimate of drug-likeness (QED) is 0.569. The zero-order chi connectivity index (χ0) is 23.0. The van der Waals surface area contributed by atoms with E-state index in [1.165, 1.54) is 6.07 Å². The second kappa shape index (κ2) is 8.58. The van der Waals surface area contributed by atoms with E-state index in [0.717, 1.165) is 12.1 Å². The number of fused-ring (bicyclic) bond motifs is 5. The van der Waals surface area contributed by atoms with Gasteiger partial charge >= 0.3 is 0 Å². The highest BCUT2D eigenvalue weighted by Crippen LogP contribution is 2.41. The predicted molar refractivity (Wildman–Crippen MR) is 116 cm³/mol. The lowest BCUT2D eigenvalue weighted by molar-refractivity contribution is 0.100. The van der Waals surface area contributed by atoms with Gasteiger partial charge in [-0.1, -0.05) is 25.4 Å². The van der Waals surface area contributed by atoms with Crippen molar-refractivity contribution in [2.75, 3.05) is 18.5 Å². The fraction of sp³-hybridized carbons (Fsp3) is 0.227. The SMILES string of the molecule is CC(C)c1nccc2c1Nc1nc(c(Cl)cc1C(N)=O)-c1c(F)ccc(F)c1OCCO2. The third-order valence-electron chi connectivity index (χ3n) is 4.86. The Morgan fingerprint density at radius 3 is 2.62 bits per heavy atom. The van der Waals surface area contributed by atoms with E-state index in [-0.39, 0.29) is 52.5 Å². The van der Waals surface area contributed by atoms with Crippen molar-refractivity contribution in [1.29, 1.82) is 0 Å². The van der Waals surface area contributed by atoms with Crippen LogP contribution in [-0.4, -0.2) is 29.1 Å². The molecule has 166 valence electrons. The molecule has 10 heteroatoms.